The zero-order valence-corrected chi connectivity index (χ0v) is 10.6. The van der Waals surface area contributed by atoms with Crippen molar-refractivity contribution >= 4 is 5.82 Å². The Labute approximate surface area is 97.6 Å². The zero-order valence-electron chi connectivity index (χ0n) is 10.6. The molecule has 0 unspecified atom stereocenters. The molecule has 1 heterocycles. The van der Waals surface area contributed by atoms with Crippen LogP contribution >= 0.6 is 0 Å². The lowest BCUT2D eigenvalue weighted by molar-refractivity contribution is 0.574. The van der Waals surface area contributed by atoms with Crippen LogP contribution < -0.4 is 11.1 Å². The lowest BCUT2D eigenvalue weighted by Crippen LogP contribution is -2.39. The summed E-state index contributed by atoms with van der Waals surface area (Å²) < 4.78 is 0. The third-order valence-corrected chi connectivity index (χ3v) is 2.31. The van der Waals surface area contributed by atoms with Gasteiger partial charge in [0.2, 0.25) is 0 Å². The average Bonchev–Trinajstić information content (AvgIpc) is 2.20. The van der Waals surface area contributed by atoms with Crippen molar-refractivity contribution in [2.45, 2.75) is 39.7 Å². The standard InChI is InChI=1S/C12H22N4/c1-9(2)7-10-5-6-11(16-15-10)14-12(3,4)8-13/h5-6,9H,7-8,13H2,1-4H3,(H,14,16). The number of aromatic nitrogens is 2. The molecule has 1 aromatic rings. The fourth-order valence-electron chi connectivity index (χ4n) is 1.35. The highest BCUT2D eigenvalue weighted by Gasteiger charge is 2.15. The summed E-state index contributed by atoms with van der Waals surface area (Å²) in [6, 6.07) is 3.98. The highest BCUT2D eigenvalue weighted by atomic mass is 15.2. The Balaban J connectivity index is 2.64. The second kappa shape index (κ2) is 5.25. The molecule has 0 atom stereocenters. The Morgan fingerprint density at radius 3 is 2.44 bits per heavy atom. The first-order valence-electron chi connectivity index (χ1n) is 5.74. The minimum atomic E-state index is -0.145. The van der Waals surface area contributed by atoms with E-state index in [1.807, 2.05) is 26.0 Å². The fourth-order valence-corrected chi connectivity index (χ4v) is 1.35. The van der Waals surface area contributed by atoms with Crippen LogP contribution in [0.3, 0.4) is 0 Å². The van der Waals surface area contributed by atoms with E-state index in [9.17, 15) is 0 Å². The van der Waals surface area contributed by atoms with Crippen molar-refractivity contribution in [1.82, 2.24) is 10.2 Å². The Morgan fingerprint density at radius 1 is 1.31 bits per heavy atom. The molecule has 0 aliphatic carbocycles. The summed E-state index contributed by atoms with van der Waals surface area (Å²) in [6.45, 7) is 8.98. The fraction of sp³-hybridized carbons (Fsp3) is 0.667. The molecule has 0 spiro atoms. The van der Waals surface area contributed by atoms with Gasteiger partial charge in [0.25, 0.3) is 0 Å². The molecule has 0 aliphatic rings. The highest BCUT2D eigenvalue weighted by molar-refractivity contribution is 5.36. The average molecular weight is 222 g/mol. The van der Waals surface area contributed by atoms with E-state index in [1.165, 1.54) is 0 Å². The molecule has 1 rings (SSSR count). The van der Waals surface area contributed by atoms with Gasteiger partial charge in [-0.1, -0.05) is 13.8 Å². The van der Waals surface area contributed by atoms with Crippen LogP contribution in [0.4, 0.5) is 5.82 Å². The van der Waals surface area contributed by atoms with E-state index in [2.05, 4.69) is 29.4 Å². The number of nitrogens with zero attached hydrogens (tertiary/aromatic N) is 2. The van der Waals surface area contributed by atoms with Crippen molar-refractivity contribution in [2.75, 3.05) is 11.9 Å². The number of rotatable bonds is 5. The largest absolute Gasteiger partial charge is 0.362 e. The molecular formula is C12H22N4. The van der Waals surface area contributed by atoms with Crippen LogP contribution in [-0.4, -0.2) is 22.3 Å². The molecule has 0 amide bonds. The lowest BCUT2D eigenvalue weighted by atomic mass is 10.1. The number of hydrogen-bond acceptors (Lipinski definition) is 4. The molecular weight excluding hydrogens is 200 g/mol. The second-order valence-electron chi connectivity index (χ2n) is 5.22. The molecule has 4 nitrogen and oxygen atoms in total. The maximum absolute atomic E-state index is 5.64. The van der Waals surface area contributed by atoms with E-state index in [-0.39, 0.29) is 5.54 Å². The molecule has 16 heavy (non-hydrogen) atoms. The Kier molecular flexibility index (Phi) is 4.24. The van der Waals surface area contributed by atoms with E-state index in [0.717, 1.165) is 17.9 Å². The third kappa shape index (κ3) is 4.14. The van der Waals surface area contributed by atoms with Crippen LogP contribution in [0.1, 0.15) is 33.4 Å². The summed E-state index contributed by atoms with van der Waals surface area (Å²) in [7, 11) is 0. The highest BCUT2D eigenvalue weighted by Crippen LogP contribution is 2.12. The predicted octanol–water partition coefficient (Wildman–Crippen LogP) is 1.82. The van der Waals surface area contributed by atoms with Gasteiger partial charge in [0.05, 0.1) is 5.69 Å². The molecule has 3 N–H and O–H groups in total. The Morgan fingerprint density at radius 2 is 2.00 bits per heavy atom. The molecule has 0 aromatic carbocycles. The van der Waals surface area contributed by atoms with Crippen LogP contribution in [0.25, 0.3) is 0 Å². The minimum Gasteiger partial charge on any atom is -0.362 e. The molecule has 90 valence electrons. The quantitative estimate of drug-likeness (QED) is 0.797. The summed E-state index contributed by atoms with van der Waals surface area (Å²) in [4.78, 5) is 0. The minimum absolute atomic E-state index is 0.145. The van der Waals surface area contributed by atoms with Gasteiger partial charge in [-0.15, -0.1) is 5.10 Å². The van der Waals surface area contributed by atoms with Gasteiger partial charge in [-0.05, 0) is 38.3 Å². The van der Waals surface area contributed by atoms with E-state index < -0.39 is 0 Å². The molecule has 0 bridgehead atoms. The first-order chi connectivity index (χ1) is 7.43. The molecule has 0 saturated heterocycles. The number of anilines is 1. The smallest absolute Gasteiger partial charge is 0.149 e. The Bertz CT molecular complexity index is 316. The van der Waals surface area contributed by atoms with Crippen molar-refractivity contribution in [2.24, 2.45) is 11.7 Å². The van der Waals surface area contributed by atoms with E-state index >= 15 is 0 Å². The molecule has 1 aromatic heterocycles. The first-order valence-corrected chi connectivity index (χ1v) is 5.74. The van der Waals surface area contributed by atoms with Crippen LogP contribution in [0.5, 0.6) is 0 Å². The van der Waals surface area contributed by atoms with Gasteiger partial charge >= 0.3 is 0 Å². The second-order valence-corrected chi connectivity index (χ2v) is 5.22. The van der Waals surface area contributed by atoms with E-state index in [4.69, 9.17) is 5.73 Å². The van der Waals surface area contributed by atoms with Gasteiger partial charge in [-0.25, -0.2) is 0 Å². The molecule has 4 heteroatoms. The van der Waals surface area contributed by atoms with Crippen molar-refractivity contribution in [1.29, 1.82) is 0 Å². The van der Waals surface area contributed by atoms with Gasteiger partial charge in [0.1, 0.15) is 5.82 Å². The maximum atomic E-state index is 5.64. The van der Waals surface area contributed by atoms with Crippen molar-refractivity contribution in [3.63, 3.8) is 0 Å². The van der Waals surface area contributed by atoms with Crippen molar-refractivity contribution in [3.05, 3.63) is 17.8 Å². The van der Waals surface area contributed by atoms with Gasteiger partial charge in [-0.3, -0.25) is 0 Å². The summed E-state index contributed by atoms with van der Waals surface area (Å²) in [5.74, 6) is 1.39. The molecule has 0 saturated carbocycles. The van der Waals surface area contributed by atoms with Gasteiger partial charge in [0.15, 0.2) is 0 Å². The van der Waals surface area contributed by atoms with E-state index in [0.29, 0.717) is 12.5 Å². The molecule has 0 aliphatic heterocycles. The van der Waals surface area contributed by atoms with Crippen LogP contribution in [0.15, 0.2) is 12.1 Å². The number of hydrogen-bond donors (Lipinski definition) is 2. The topological polar surface area (TPSA) is 63.8 Å². The predicted molar refractivity (Wildman–Crippen MR) is 67.3 cm³/mol. The SMILES string of the molecule is CC(C)Cc1ccc(NC(C)(C)CN)nn1. The van der Waals surface area contributed by atoms with Crippen LogP contribution in [0.2, 0.25) is 0 Å². The monoisotopic (exact) mass is 222 g/mol. The van der Waals surface area contributed by atoms with Crippen LogP contribution in [0, 0.1) is 5.92 Å². The summed E-state index contributed by atoms with van der Waals surface area (Å²) >= 11 is 0. The molecule has 0 fully saturated rings. The van der Waals surface area contributed by atoms with Crippen LogP contribution in [-0.2, 0) is 6.42 Å². The first kappa shape index (κ1) is 12.9. The third-order valence-electron chi connectivity index (χ3n) is 2.31. The Hall–Kier alpha value is -1.16. The summed E-state index contributed by atoms with van der Waals surface area (Å²) in [5, 5.41) is 11.6. The maximum Gasteiger partial charge on any atom is 0.149 e. The van der Waals surface area contributed by atoms with Crippen molar-refractivity contribution in [3.8, 4) is 0 Å². The molecule has 0 radical (unpaired) electrons. The zero-order chi connectivity index (χ0) is 12.2. The van der Waals surface area contributed by atoms with Gasteiger partial charge in [0, 0.05) is 12.1 Å². The van der Waals surface area contributed by atoms with Crippen molar-refractivity contribution < 1.29 is 0 Å². The number of nitrogens with two attached hydrogens (primary N) is 1. The number of nitrogens with one attached hydrogen (secondary N) is 1. The van der Waals surface area contributed by atoms with E-state index in [1.54, 1.807) is 0 Å². The normalized spacial score (nSPS) is 11.9. The lowest BCUT2D eigenvalue weighted by Gasteiger charge is -2.24. The summed E-state index contributed by atoms with van der Waals surface area (Å²) in [6.07, 6.45) is 0.966. The van der Waals surface area contributed by atoms with Gasteiger partial charge < -0.3 is 11.1 Å². The summed E-state index contributed by atoms with van der Waals surface area (Å²) in [5.41, 5.74) is 6.53. The van der Waals surface area contributed by atoms with Gasteiger partial charge in [-0.2, -0.15) is 5.10 Å².